The summed E-state index contributed by atoms with van der Waals surface area (Å²) in [5, 5.41) is 0.0573. The number of aryl methyl sites for hydroxylation is 3. The third kappa shape index (κ3) is 2.64. The molecule has 1 aromatic carbocycles. The van der Waals surface area contributed by atoms with Gasteiger partial charge in [-0.05, 0) is 18.6 Å². The minimum atomic E-state index is -0.521. The highest BCUT2D eigenvalue weighted by molar-refractivity contribution is 5.77. The number of aromatic nitrogens is 4. The highest BCUT2D eigenvalue weighted by atomic mass is 19.1. The van der Waals surface area contributed by atoms with Crippen molar-refractivity contribution >= 4 is 10.9 Å². The van der Waals surface area contributed by atoms with Crippen molar-refractivity contribution in [2.24, 2.45) is 0 Å². The molecule has 22 heavy (non-hydrogen) atoms. The van der Waals surface area contributed by atoms with Crippen molar-refractivity contribution in [3.63, 3.8) is 0 Å². The molecule has 0 radical (unpaired) electrons. The Morgan fingerprint density at radius 1 is 1.18 bits per heavy atom. The summed E-state index contributed by atoms with van der Waals surface area (Å²) >= 11 is 0. The lowest BCUT2D eigenvalue weighted by Gasteiger charge is -2.09. The first kappa shape index (κ1) is 14.4. The summed E-state index contributed by atoms with van der Waals surface area (Å²) in [6.07, 6.45) is 6.82. The average molecular weight is 300 g/mol. The Hall–Kier alpha value is -2.50. The van der Waals surface area contributed by atoms with Crippen LogP contribution in [0.4, 0.5) is 4.39 Å². The summed E-state index contributed by atoms with van der Waals surface area (Å²) in [4.78, 5) is 20.7. The van der Waals surface area contributed by atoms with Crippen LogP contribution in [0.25, 0.3) is 10.9 Å². The zero-order chi connectivity index (χ0) is 15.5. The van der Waals surface area contributed by atoms with Crippen LogP contribution in [-0.2, 0) is 19.5 Å². The molecule has 0 saturated carbocycles. The summed E-state index contributed by atoms with van der Waals surface area (Å²) in [6.45, 7) is 3.32. The molecule has 0 spiro atoms. The predicted octanol–water partition coefficient (Wildman–Crippen LogP) is 2.38. The van der Waals surface area contributed by atoms with Crippen molar-refractivity contribution < 1.29 is 4.39 Å². The maximum absolute atomic E-state index is 13.8. The van der Waals surface area contributed by atoms with Crippen LogP contribution in [0, 0.1) is 5.82 Å². The first-order valence-electron chi connectivity index (χ1n) is 7.34. The Labute approximate surface area is 127 Å². The lowest BCUT2D eigenvalue weighted by Crippen LogP contribution is -2.22. The summed E-state index contributed by atoms with van der Waals surface area (Å²) < 4.78 is 17.3. The quantitative estimate of drug-likeness (QED) is 0.727. The van der Waals surface area contributed by atoms with Gasteiger partial charge in [-0.25, -0.2) is 14.4 Å². The number of fused-ring (bicyclic) bond motifs is 1. The number of imidazole rings is 1. The van der Waals surface area contributed by atoms with Gasteiger partial charge in [-0.3, -0.25) is 9.36 Å². The van der Waals surface area contributed by atoms with Gasteiger partial charge in [0.05, 0.1) is 11.8 Å². The van der Waals surface area contributed by atoms with Crippen molar-refractivity contribution in [3.05, 3.63) is 58.9 Å². The van der Waals surface area contributed by atoms with Gasteiger partial charge in [-0.1, -0.05) is 13.0 Å². The Kier molecular flexibility index (Phi) is 4.00. The predicted molar refractivity (Wildman–Crippen MR) is 82.2 cm³/mol. The molecule has 0 aliphatic rings. The van der Waals surface area contributed by atoms with Crippen LogP contribution in [0.5, 0.6) is 0 Å². The van der Waals surface area contributed by atoms with Crippen molar-refractivity contribution in [2.45, 2.75) is 32.9 Å². The topological polar surface area (TPSA) is 52.7 Å². The lowest BCUT2D eigenvalue weighted by atomic mass is 10.2. The SMILES string of the molecule is CCc1nccn1CCCn1cnc2cccc(F)c2c1=O. The van der Waals surface area contributed by atoms with E-state index in [4.69, 9.17) is 0 Å². The molecule has 0 saturated heterocycles. The van der Waals surface area contributed by atoms with Crippen LogP contribution in [0.2, 0.25) is 0 Å². The van der Waals surface area contributed by atoms with Crippen molar-refractivity contribution in [3.8, 4) is 0 Å². The van der Waals surface area contributed by atoms with E-state index in [0.717, 1.165) is 25.2 Å². The van der Waals surface area contributed by atoms with Crippen molar-refractivity contribution in [1.82, 2.24) is 19.1 Å². The number of hydrogen-bond acceptors (Lipinski definition) is 3. The molecule has 3 aromatic rings. The minimum absolute atomic E-state index is 0.0573. The van der Waals surface area contributed by atoms with Gasteiger partial charge < -0.3 is 4.57 Å². The molecule has 3 rings (SSSR count). The fourth-order valence-electron chi connectivity index (χ4n) is 2.59. The smallest absolute Gasteiger partial charge is 0.264 e. The van der Waals surface area contributed by atoms with Gasteiger partial charge in [0.2, 0.25) is 0 Å². The average Bonchev–Trinajstić information content (AvgIpc) is 2.97. The summed E-state index contributed by atoms with van der Waals surface area (Å²) in [5.41, 5.74) is 0.0635. The van der Waals surface area contributed by atoms with Crippen molar-refractivity contribution in [2.75, 3.05) is 0 Å². The number of halogens is 1. The highest BCUT2D eigenvalue weighted by Gasteiger charge is 2.08. The molecule has 0 amide bonds. The maximum Gasteiger partial charge on any atom is 0.264 e. The molecule has 0 N–H and O–H groups in total. The fourth-order valence-corrected chi connectivity index (χ4v) is 2.59. The zero-order valence-corrected chi connectivity index (χ0v) is 12.4. The van der Waals surface area contributed by atoms with Crippen molar-refractivity contribution in [1.29, 1.82) is 0 Å². The van der Waals surface area contributed by atoms with Crippen LogP contribution >= 0.6 is 0 Å². The molecule has 2 heterocycles. The van der Waals surface area contributed by atoms with Crippen LogP contribution in [0.15, 0.2) is 41.7 Å². The molecule has 0 aliphatic carbocycles. The summed E-state index contributed by atoms with van der Waals surface area (Å²) in [6, 6.07) is 4.48. The second-order valence-corrected chi connectivity index (χ2v) is 5.12. The van der Waals surface area contributed by atoms with E-state index >= 15 is 0 Å². The van der Waals surface area contributed by atoms with E-state index in [0.29, 0.717) is 12.1 Å². The summed E-state index contributed by atoms with van der Waals surface area (Å²) in [7, 11) is 0. The molecule has 6 heteroatoms. The lowest BCUT2D eigenvalue weighted by molar-refractivity contribution is 0.537. The van der Waals surface area contributed by atoms with Crippen LogP contribution in [0.1, 0.15) is 19.2 Å². The van der Waals surface area contributed by atoms with Crippen LogP contribution in [0.3, 0.4) is 0 Å². The fraction of sp³-hybridized carbons (Fsp3) is 0.312. The van der Waals surface area contributed by atoms with E-state index < -0.39 is 5.82 Å². The standard InChI is InChI=1S/C16H17FN4O/c1-2-14-18-7-10-20(14)8-4-9-21-11-19-13-6-3-5-12(17)15(13)16(21)22/h3,5-7,10-11H,2,4,8-9H2,1H3. The van der Waals surface area contributed by atoms with Gasteiger partial charge >= 0.3 is 0 Å². The molecule has 2 aromatic heterocycles. The largest absolute Gasteiger partial charge is 0.335 e. The van der Waals surface area contributed by atoms with Crippen LogP contribution in [-0.4, -0.2) is 19.1 Å². The minimum Gasteiger partial charge on any atom is -0.335 e. The Morgan fingerprint density at radius 3 is 2.82 bits per heavy atom. The number of nitrogens with zero attached hydrogens (tertiary/aromatic N) is 4. The van der Waals surface area contributed by atoms with E-state index in [1.54, 1.807) is 18.3 Å². The molecule has 0 fully saturated rings. The van der Waals surface area contributed by atoms with E-state index in [1.165, 1.54) is 17.0 Å². The van der Waals surface area contributed by atoms with E-state index in [2.05, 4.69) is 21.5 Å². The Bertz CT molecular complexity index is 853. The molecule has 0 aliphatic heterocycles. The van der Waals surface area contributed by atoms with E-state index in [9.17, 15) is 9.18 Å². The normalized spacial score (nSPS) is 11.2. The molecule has 0 unspecified atom stereocenters. The molecule has 5 nitrogen and oxygen atoms in total. The number of benzene rings is 1. The van der Waals surface area contributed by atoms with Gasteiger partial charge in [0.25, 0.3) is 5.56 Å². The molecular formula is C16H17FN4O. The number of rotatable bonds is 5. The van der Waals surface area contributed by atoms with Crippen LogP contribution < -0.4 is 5.56 Å². The third-order valence-electron chi connectivity index (χ3n) is 3.72. The first-order valence-corrected chi connectivity index (χ1v) is 7.34. The highest BCUT2D eigenvalue weighted by Crippen LogP contribution is 2.10. The Balaban J connectivity index is 1.79. The summed E-state index contributed by atoms with van der Waals surface area (Å²) in [5.74, 6) is 0.502. The monoisotopic (exact) mass is 300 g/mol. The van der Waals surface area contributed by atoms with Gasteiger partial charge in [0.15, 0.2) is 0 Å². The molecular weight excluding hydrogens is 283 g/mol. The molecule has 0 bridgehead atoms. The maximum atomic E-state index is 13.8. The van der Waals surface area contributed by atoms with Gasteiger partial charge in [-0.2, -0.15) is 0 Å². The van der Waals surface area contributed by atoms with Gasteiger partial charge in [-0.15, -0.1) is 0 Å². The van der Waals surface area contributed by atoms with E-state index in [-0.39, 0.29) is 10.9 Å². The van der Waals surface area contributed by atoms with E-state index in [1.807, 2.05) is 6.20 Å². The molecule has 114 valence electrons. The Morgan fingerprint density at radius 2 is 2.00 bits per heavy atom. The third-order valence-corrected chi connectivity index (χ3v) is 3.72. The first-order chi connectivity index (χ1) is 10.7. The zero-order valence-electron chi connectivity index (χ0n) is 12.4. The number of hydrogen-bond donors (Lipinski definition) is 0. The van der Waals surface area contributed by atoms with Gasteiger partial charge in [0.1, 0.15) is 17.0 Å². The second-order valence-electron chi connectivity index (χ2n) is 5.12. The van der Waals surface area contributed by atoms with Gasteiger partial charge in [0, 0.05) is 31.9 Å². The second kappa shape index (κ2) is 6.09. The molecule has 0 atom stereocenters.